The van der Waals surface area contributed by atoms with Crippen molar-refractivity contribution in [3.05, 3.63) is 29.8 Å². The van der Waals surface area contributed by atoms with Gasteiger partial charge in [0.25, 0.3) is 0 Å². The zero-order valence-corrected chi connectivity index (χ0v) is 11.7. The summed E-state index contributed by atoms with van der Waals surface area (Å²) in [5, 5.41) is 3.19. The maximum Gasteiger partial charge on any atom is 0.321 e. The number of nitrogens with one attached hydrogen (secondary N) is 1. The quantitative estimate of drug-likeness (QED) is 0.916. The summed E-state index contributed by atoms with van der Waals surface area (Å²) in [6.07, 6.45) is 0. The molecule has 0 spiro atoms. The fraction of sp³-hybridized carbons (Fsp3) is 0.250. The highest BCUT2D eigenvalue weighted by Gasteiger charge is 2.11. The number of nitrogens with zero attached hydrogens (tertiary/aromatic N) is 3. The standard InChI is InChI=1S/C12H12F2N4OS/c1-3-15-10-16-11(19-2)18-12(17-10)20-9-5-4-7(13)6-8(9)14/h4-6H,3H2,1-2H3,(H,15,16,17,18). The van der Waals surface area contributed by atoms with E-state index < -0.39 is 11.6 Å². The molecule has 8 heteroatoms. The molecular formula is C12H12F2N4OS. The van der Waals surface area contributed by atoms with Gasteiger partial charge in [-0.05, 0) is 30.8 Å². The molecular weight excluding hydrogens is 286 g/mol. The molecule has 0 atom stereocenters. The average Bonchev–Trinajstić information content (AvgIpc) is 2.42. The summed E-state index contributed by atoms with van der Waals surface area (Å²) < 4.78 is 31.4. The molecule has 1 aromatic heterocycles. The van der Waals surface area contributed by atoms with Crippen LogP contribution in [0.4, 0.5) is 14.7 Å². The van der Waals surface area contributed by atoms with Gasteiger partial charge in [0, 0.05) is 12.6 Å². The first-order valence-electron chi connectivity index (χ1n) is 5.79. The normalized spacial score (nSPS) is 10.4. The van der Waals surface area contributed by atoms with Gasteiger partial charge >= 0.3 is 6.01 Å². The summed E-state index contributed by atoms with van der Waals surface area (Å²) in [6.45, 7) is 2.52. The summed E-state index contributed by atoms with van der Waals surface area (Å²) in [5.74, 6) is -0.961. The Balaban J connectivity index is 2.29. The number of methoxy groups -OCH3 is 1. The first-order valence-corrected chi connectivity index (χ1v) is 6.61. The lowest BCUT2D eigenvalue weighted by molar-refractivity contribution is 0.373. The van der Waals surface area contributed by atoms with E-state index in [1.807, 2.05) is 6.92 Å². The van der Waals surface area contributed by atoms with Gasteiger partial charge in [0.15, 0.2) is 0 Å². The molecule has 0 aliphatic heterocycles. The molecule has 20 heavy (non-hydrogen) atoms. The van der Waals surface area contributed by atoms with Crippen molar-refractivity contribution in [2.75, 3.05) is 19.0 Å². The van der Waals surface area contributed by atoms with E-state index in [4.69, 9.17) is 4.74 Å². The number of anilines is 1. The molecule has 2 rings (SSSR count). The van der Waals surface area contributed by atoms with E-state index in [2.05, 4.69) is 20.3 Å². The minimum Gasteiger partial charge on any atom is -0.467 e. The molecule has 0 radical (unpaired) electrons. The van der Waals surface area contributed by atoms with E-state index in [9.17, 15) is 8.78 Å². The SMILES string of the molecule is CCNc1nc(OC)nc(Sc2ccc(F)cc2F)n1. The number of ether oxygens (including phenoxy) is 1. The van der Waals surface area contributed by atoms with E-state index >= 15 is 0 Å². The lowest BCUT2D eigenvalue weighted by atomic mass is 10.3. The number of rotatable bonds is 5. The van der Waals surface area contributed by atoms with Gasteiger partial charge in [0.2, 0.25) is 11.1 Å². The fourth-order valence-corrected chi connectivity index (χ4v) is 2.11. The smallest absolute Gasteiger partial charge is 0.321 e. The van der Waals surface area contributed by atoms with Crippen molar-refractivity contribution < 1.29 is 13.5 Å². The molecule has 106 valence electrons. The number of benzene rings is 1. The highest BCUT2D eigenvalue weighted by molar-refractivity contribution is 7.99. The predicted molar refractivity (Wildman–Crippen MR) is 71.0 cm³/mol. The van der Waals surface area contributed by atoms with Crippen LogP contribution in [-0.4, -0.2) is 28.6 Å². The third-order valence-corrected chi connectivity index (χ3v) is 3.12. The van der Waals surface area contributed by atoms with Gasteiger partial charge in [0.05, 0.1) is 12.0 Å². The second-order valence-corrected chi connectivity index (χ2v) is 4.64. The van der Waals surface area contributed by atoms with Crippen LogP contribution < -0.4 is 10.1 Å². The fourth-order valence-electron chi connectivity index (χ4n) is 1.37. The molecule has 0 saturated carbocycles. The Bertz CT molecular complexity index is 612. The first-order chi connectivity index (χ1) is 9.62. The maximum absolute atomic E-state index is 13.6. The number of hydrogen-bond donors (Lipinski definition) is 1. The van der Waals surface area contributed by atoms with Crippen molar-refractivity contribution >= 4 is 17.7 Å². The van der Waals surface area contributed by atoms with Gasteiger partial charge < -0.3 is 10.1 Å². The molecule has 5 nitrogen and oxygen atoms in total. The lowest BCUT2D eigenvalue weighted by Crippen LogP contribution is -2.06. The van der Waals surface area contributed by atoms with Crippen LogP contribution in [-0.2, 0) is 0 Å². The highest BCUT2D eigenvalue weighted by atomic mass is 32.2. The maximum atomic E-state index is 13.6. The monoisotopic (exact) mass is 298 g/mol. The topological polar surface area (TPSA) is 59.9 Å². The van der Waals surface area contributed by atoms with Crippen LogP contribution in [0, 0.1) is 11.6 Å². The van der Waals surface area contributed by atoms with Crippen molar-refractivity contribution in [2.24, 2.45) is 0 Å². The van der Waals surface area contributed by atoms with Crippen molar-refractivity contribution in [3.8, 4) is 6.01 Å². The first kappa shape index (κ1) is 14.4. The molecule has 2 aromatic rings. The van der Waals surface area contributed by atoms with Crippen molar-refractivity contribution in [1.29, 1.82) is 0 Å². The van der Waals surface area contributed by atoms with Crippen LogP contribution in [0.1, 0.15) is 6.92 Å². The molecule has 0 aliphatic rings. The Morgan fingerprint density at radius 2 is 2.05 bits per heavy atom. The Morgan fingerprint density at radius 3 is 2.70 bits per heavy atom. The van der Waals surface area contributed by atoms with Gasteiger partial charge in [-0.15, -0.1) is 0 Å². The zero-order valence-electron chi connectivity index (χ0n) is 10.9. The van der Waals surface area contributed by atoms with Crippen LogP contribution in [0.3, 0.4) is 0 Å². The third kappa shape index (κ3) is 3.53. The summed E-state index contributed by atoms with van der Waals surface area (Å²) in [4.78, 5) is 12.4. The second kappa shape index (κ2) is 6.47. The molecule has 1 heterocycles. The average molecular weight is 298 g/mol. The number of aromatic nitrogens is 3. The van der Waals surface area contributed by atoms with E-state index in [0.29, 0.717) is 12.5 Å². The van der Waals surface area contributed by atoms with Gasteiger partial charge in [-0.25, -0.2) is 8.78 Å². The Labute approximate surface area is 118 Å². The van der Waals surface area contributed by atoms with Crippen LogP contribution in [0.25, 0.3) is 0 Å². The Hall–Kier alpha value is -1.96. The molecule has 0 amide bonds. The number of hydrogen-bond acceptors (Lipinski definition) is 6. The van der Waals surface area contributed by atoms with E-state index in [1.165, 1.54) is 19.2 Å². The summed E-state index contributed by atoms with van der Waals surface area (Å²) in [5.41, 5.74) is 0. The second-order valence-electron chi connectivity index (χ2n) is 3.64. The predicted octanol–water partition coefficient (Wildman–Crippen LogP) is 2.74. The van der Waals surface area contributed by atoms with Gasteiger partial charge in [-0.1, -0.05) is 0 Å². The van der Waals surface area contributed by atoms with Crippen molar-refractivity contribution in [2.45, 2.75) is 17.0 Å². The molecule has 1 N–H and O–H groups in total. The molecule has 0 aliphatic carbocycles. The zero-order chi connectivity index (χ0) is 14.5. The minimum absolute atomic E-state index is 0.126. The van der Waals surface area contributed by atoms with E-state index in [-0.39, 0.29) is 16.1 Å². The summed E-state index contributed by atoms with van der Waals surface area (Å²) in [6, 6.07) is 3.44. The van der Waals surface area contributed by atoms with E-state index in [0.717, 1.165) is 17.8 Å². The Morgan fingerprint density at radius 1 is 1.25 bits per heavy atom. The van der Waals surface area contributed by atoms with Crippen LogP contribution in [0.15, 0.2) is 28.3 Å². The lowest BCUT2D eigenvalue weighted by Gasteiger charge is -2.06. The molecule has 0 bridgehead atoms. The van der Waals surface area contributed by atoms with Gasteiger partial charge in [-0.3, -0.25) is 0 Å². The number of halogens is 2. The van der Waals surface area contributed by atoms with Crippen molar-refractivity contribution in [3.63, 3.8) is 0 Å². The van der Waals surface area contributed by atoms with Crippen LogP contribution in [0.5, 0.6) is 6.01 Å². The summed E-state index contributed by atoms with van der Waals surface area (Å²) >= 11 is 0.969. The van der Waals surface area contributed by atoms with Crippen LogP contribution in [0.2, 0.25) is 0 Å². The Kier molecular flexibility index (Phi) is 4.67. The molecule has 0 unspecified atom stereocenters. The highest BCUT2D eigenvalue weighted by Crippen LogP contribution is 2.28. The molecule has 0 saturated heterocycles. The minimum atomic E-state index is -0.667. The van der Waals surface area contributed by atoms with Gasteiger partial charge in [-0.2, -0.15) is 15.0 Å². The van der Waals surface area contributed by atoms with Gasteiger partial charge in [0.1, 0.15) is 11.6 Å². The van der Waals surface area contributed by atoms with Crippen molar-refractivity contribution in [1.82, 2.24) is 15.0 Å². The summed E-state index contributed by atoms with van der Waals surface area (Å²) in [7, 11) is 1.43. The molecule has 1 aromatic carbocycles. The van der Waals surface area contributed by atoms with Crippen LogP contribution >= 0.6 is 11.8 Å². The van der Waals surface area contributed by atoms with E-state index in [1.54, 1.807) is 0 Å². The molecule has 0 fully saturated rings. The largest absolute Gasteiger partial charge is 0.467 e. The third-order valence-electron chi connectivity index (χ3n) is 2.21.